The summed E-state index contributed by atoms with van der Waals surface area (Å²) in [7, 11) is 0. The van der Waals surface area contributed by atoms with Crippen molar-refractivity contribution in [3.63, 3.8) is 0 Å². The molecule has 0 spiro atoms. The normalized spacial score (nSPS) is 11.2. The molecule has 0 aliphatic rings. The molecule has 1 aromatic carbocycles. The van der Waals surface area contributed by atoms with Gasteiger partial charge in [-0.25, -0.2) is 5.10 Å². The van der Waals surface area contributed by atoms with E-state index in [0.29, 0.717) is 5.82 Å². The van der Waals surface area contributed by atoms with Gasteiger partial charge in [-0.15, -0.1) is 0 Å². The molecule has 0 saturated heterocycles. The molecule has 0 amide bonds. The number of ether oxygens (including phenoxy) is 1. The second kappa shape index (κ2) is 7.31. The maximum Gasteiger partial charge on any atom is 0.433 e. The predicted octanol–water partition coefficient (Wildman–Crippen LogP) is 3.52. The minimum Gasteiger partial charge on any atom is -0.485 e. The molecule has 0 unspecified atom stereocenters. The molecule has 0 aliphatic heterocycles. The number of nitrogens with one attached hydrogen (secondary N) is 1. The van der Waals surface area contributed by atoms with Crippen molar-refractivity contribution in [2.24, 2.45) is 5.10 Å². The molecule has 26 heavy (non-hydrogen) atoms. The van der Waals surface area contributed by atoms with Crippen molar-refractivity contribution in [1.82, 2.24) is 14.9 Å². The Hall–Kier alpha value is -3.27. The molecular weight excluding hydrogens is 358 g/mol. The molecule has 3 rings (SSSR count). The van der Waals surface area contributed by atoms with Crippen LogP contribution < -0.4 is 4.74 Å². The van der Waals surface area contributed by atoms with E-state index in [2.05, 4.69) is 15.3 Å². The molecule has 0 aliphatic carbocycles. The first-order chi connectivity index (χ1) is 12.4. The van der Waals surface area contributed by atoms with E-state index in [1.54, 1.807) is 0 Å². The quantitative estimate of drug-likeness (QED) is 0.306. The van der Waals surface area contributed by atoms with Gasteiger partial charge >= 0.3 is 5.88 Å². The Bertz CT molecular complexity index is 1030. The number of hydrogen-bond donors (Lipinski definition) is 1. The first kappa shape index (κ1) is 17.5. The number of H-pyrrole nitrogens is 1. The fourth-order valence-corrected chi connectivity index (χ4v) is 2.46. The van der Waals surface area contributed by atoms with Gasteiger partial charge in [0, 0.05) is 0 Å². The van der Waals surface area contributed by atoms with Crippen LogP contribution >= 0.6 is 12.2 Å². The van der Waals surface area contributed by atoms with Crippen molar-refractivity contribution in [3.05, 3.63) is 67.9 Å². The lowest BCUT2D eigenvalue weighted by Gasteiger charge is -2.09. The molecular formula is C16H15N5O4S. The fraction of sp³-hybridized carbons (Fsp3) is 0.188. The van der Waals surface area contributed by atoms with Gasteiger partial charge < -0.3 is 9.15 Å². The minimum absolute atomic E-state index is 0.146. The van der Waals surface area contributed by atoms with E-state index in [0.717, 1.165) is 16.9 Å². The molecule has 10 heteroatoms. The lowest BCUT2D eigenvalue weighted by atomic mass is 10.1. The van der Waals surface area contributed by atoms with Gasteiger partial charge in [0.1, 0.15) is 17.3 Å². The van der Waals surface area contributed by atoms with Gasteiger partial charge in [0.15, 0.2) is 11.6 Å². The predicted molar refractivity (Wildman–Crippen MR) is 96.0 cm³/mol. The number of nitrogens with zero attached hydrogens (tertiary/aromatic N) is 4. The Labute approximate surface area is 153 Å². The van der Waals surface area contributed by atoms with Gasteiger partial charge in [-0.05, 0) is 43.8 Å². The Morgan fingerprint density at radius 1 is 1.42 bits per heavy atom. The number of hydrogen-bond acceptors (Lipinski definition) is 7. The van der Waals surface area contributed by atoms with Crippen molar-refractivity contribution in [3.8, 4) is 5.75 Å². The molecule has 0 radical (unpaired) electrons. The monoisotopic (exact) mass is 373 g/mol. The second-order valence-electron chi connectivity index (χ2n) is 5.49. The highest BCUT2D eigenvalue weighted by molar-refractivity contribution is 7.71. The van der Waals surface area contributed by atoms with Crippen molar-refractivity contribution in [2.75, 3.05) is 0 Å². The smallest absolute Gasteiger partial charge is 0.433 e. The van der Waals surface area contributed by atoms with E-state index in [-0.39, 0.29) is 23.0 Å². The number of aromatic nitrogens is 3. The number of aromatic amines is 1. The zero-order valence-electron chi connectivity index (χ0n) is 14.0. The molecule has 2 aromatic heterocycles. The Balaban J connectivity index is 1.76. The van der Waals surface area contributed by atoms with Gasteiger partial charge in [0.05, 0.1) is 12.3 Å². The zero-order chi connectivity index (χ0) is 18.7. The number of benzene rings is 1. The highest BCUT2D eigenvalue weighted by Gasteiger charge is 2.11. The van der Waals surface area contributed by atoms with E-state index in [1.165, 1.54) is 23.0 Å². The summed E-state index contributed by atoms with van der Waals surface area (Å²) in [5.41, 5.74) is 2.16. The summed E-state index contributed by atoms with van der Waals surface area (Å²) in [4.78, 5) is 10.0. The average Bonchev–Trinajstić information content (AvgIpc) is 3.19. The molecule has 9 nitrogen and oxygen atoms in total. The minimum atomic E-state index is -0.621. The van der Waals surface area contributed by atoms with Gasteiger partial charge in [0.2, 0.25) is 4.77 Å². The van der Waals surface area contributed by atoms with E-state index >= 15 is 0 Å². The molecule has 1 N–H and O–H groups in total. The number of rotatable bonds is 6. The summed E-state index contributed by atoms with van der Waals surface area (Å²) in [5.74, 6) is 1.05. The summed E-state index contributed by atoms with van der Waals surface area (Å²) in [5, 5.41) is 21.5. The lowest BCUT2D eigenvalue weighted by Crippen LogP contribution is -2.05. The fourth-order valence-electron chi connectivity index (χ4n) is 2.26. The van der Waals surface area contributed by atoms with Gasteiger partial charge in [-0.1, -0.05) is 17.7 Å². The van der Waals surface area contributed by atoms with Crippen LogP contribution in [0.2, 0.25) is 0 Å². The van der Waals surface area contributed by atoms with Crippen molar-refractivity contribution < 1.29 is 14.1 Å². The van der Waals surface area contributed by atoms with Crippen LogP contribution in [0.25, 0.3) is 0 Å². The third-order valence-electron chi connectivity index (χ3n) is 3.50. The van der Waals surface area contributed by atoms with Crippen molar-refractivity contribution >= 4 is 24.3 Å². The van der Waals surface area contributed by atoms with E-state index in [9.17, 15) is 10.1 Å². The molecule has 3 aromatic rings. The van der Waals surface area contributed by atoms with E-state index in [1.807, 2.05) is 32.0 Å². The molecule has 0 atom stereocenters. The molecule has 134 valence electrons. The van der Waals surface area contributed by atoms with E-state index in [4.69, 9.17) is 21.4 Å². The number of nitro groups is 1. The highest BCUT2D eigenvalue weighted by Crippen LogP contribution is 2.20. The van der Waals surface area contributed by atoms with Crippen LogP contribution in [-0.2, 0) is 6.61 Å². The van der Waals surface area contributed by atoms with Gasteiger partial charge in [0.25, 0.3) is 0 Å². The van der Waals surface area contributed by atoms with Gasteiger partial charge in [-0.2, -0.15) is 14.9 Å². The molecule has 2 heterocycles. The Kier molecular flexibility index (Phi) is 4.94. The lowest BCUT2D eigenvalue weighted by molar-refractivity contribution is -0.402. The molecule has 0 bridgehead atoms. The van der Waals surface area contributed by atoms with Crippen LogP contribution in [0.5, 0.6) is 5.75 Å². The first-order valence-corrected chi connectivity index (χ1v) is 8.00. The number of aryl methyl sites for hydroxylation is 2. The Morgan fingerprint density at radius 2 is 2.23 bits per heavy atom. The maximum atomic E-state index is 10.6. The average molecular weight is 373 g/mol. The van der Waals surface area contributed by atoms with Crippen LogP contribution in [0.4, 0.5) is 5.88 Å². The topological polar surface area (TPSA) is 111 Å². The van der Waals surface area contributed by atoms with Crippen LogP contribution in [0.15, 0.2) is 39.9 Å². The largest absolute Gasteiger partial charge is 0.485 e. The summed E-state index contributed by atoms with van der Waals surface area (Å²) in [6.45, 7) is 4.11. The SMILES string of the molecule is Cc1ccc(OCc2n[nH]c(=S)n2/N=C\c2ccc([N+](=O)[O-])o2)c(C)c1. The van der Waals surface area contributed by atoms with Gasteiger partial charge in [-0.3, -0.25) is 10.1 Å². The zero-order valence-corrected chi connectivity index (χ0v) is 14.8. The number of furan rings is 1. The summed E-state index contributed by atoms with van der Waals surface area (Å²) < 4.78 is 12.4. The third kappa shape index (κ3) is 3.86. The van der Waals surface area contributed by atoms with Crippen LogP contribution in [0.3, 0.4) is 0 Å². The van der Waals surface area contributed by atoms with Crippen molar-refractivity contribution in [2.45, 2.75) is 20.5 Å². The maximum absolute atomic E-state index is 10.6. The Morgan fingerprint density at radius 3 is 2.92 bits per heavy atom. The highest BCUT2D eigenvalue weighted by atomic mass is 32.1. The molecule has 0 saturated carbocycles. The summed E-state index contributed by atoms with van der Waals surface area (Å²) >= 11 is 5.15. The van der Waals surface area contributed by atoms with Crippen LogP contribution in [0, 0.1) is 28.7 Å². The van der Waals surface area contributed by atoms with Crippen LogP contribution in [0.1, 0.15) is 22.7 Å². The van der Waals surface area contributed by atoms with Crippen molar-refractivity contribution in [1.29, 1.82) is 0 Å². The standard InChI is InChI=1S/C16H15N5O4S/c1-10-3-5-13(11(2)7-10)24-9-14-18-19-16(26)20(14)17-8-12-4-6-15(25-12)21(22)23/h3-8H,9H2,1-2H3,(H,19,26)/b17-8-. The van der Waals surface area contributed by atoms with E-state index < -0.39 is 4.92 Å². The summed E-state index contributed by atoms with van der Waals surface area (Å²) in [6, 6.07) is 8.56. The third-order valence-corrected chi connectivity index (χ3v) is 3.76. The first-order valence-electron chi connectivity index (χ1n) is 7.59. The summed E-state index contributed by atoms with van der Waals surface area (Å²) in [6.07, 6.45) is 1.32. The van der Waals surface area contributed by atoms with Crippen LogP contribution in [-0.4, -0.2) is 26.0 Å². The molecule has 0 fully saturated rings. The second-order valence-corrected chi connectivity index (χ2v) is 5.88.